The van der Waals surface area contributed by atoms with Crippen molar-refractivity contribution in [2.45, 2.75) is 25.4 Å². The van der Waals surface area contributed by atoms with Gasteiger partial charge in [0.25, 0.3) is 5.69 Å². The van der Waals surface area contributed by atoms with Crippen LogP contribution in [0, 0.1) is 10.1 Å². The average molecular weight is 270 g/mol. The summed E-state index contributed by atoms with van der Waals surface area (Å²) in [5, 5.41) is 10.9. The SMILES string of the molecule is NC1CCCN(Cc2ccc([N+](=O)[O-])c(Cl)c2)C1. The van der Waals surface area contributed by atoms with Gasteiger partial charge in [0.1, 0.15) is 5.02 Å². The number of rotatable bonds is 3. The number of nitrogens with two attached hydrogens (primary N) is 1. The van der Waals surface area contributed by atoms with Gasteiger partial charge in [0.05, 0.1) is 4.92 Å². The molecule has 1 fully saturated rings. The van der Waals surface area contributed by atoms with Gasteiger partial charge in [0, 0.05) is 25.2 Å². The molecule has 2 N–H and O–H groups in total. The number of nitrogens with zero attached hydrogens (tertiary/aromatic N) is 2. The minimum Gasteiger partial charge on any atom is -0.327 e. The molecule has 1 unspecified atom stereocenters. The molecule has 1 aliphatic rings. The van der Waals surface area contributed by atoms with Crippen LogP contribution in [0.25, 0.3) is 0 Å². The van der Waals surface area contributed by atoms with Gasteiger partial charge in [-0.05, 0) is 31.0 Å². The average Bonchev–Trinajstić information content (AvgIpc) is 2.28. The van der Waals surface area contributed by atoms with E-state index in [1.165, 1.54) is 6.07 Å². The summed E-state index contributed by atoms with van der Waals surface area (Å²) >= 11 is 5.89. The van der Waals surface area contributed by atoms with Crippen LogP contribution in [0.2, 0.25) is 5.02 Å². The van der Waals surface area contributed by atoms with Crippen LogP contribution in [0.1, 0.15) is 18.4 Å². The fourth-order valence-corrected chi connectivity index (χ4v) is 2.56. The minimum absolute atomic E-state index is 0.0456. The highest BCUT2D eigenvalue weighted by Gasteiger charge is 2.18. The van der Waals surface area contributed by atoms with E-state index in [-0.39, 0.29) is 16.8 Å². The number of nitro groups is 1. The van der Waals surface area contributed by atoms with Crippen LogP contribution < -0.4 is 5.73 Å². The van der Waals surface area contributed by atoms with Crippen molar-refractivity contribution in [3.05, 3.63) is 38.9 Å². The highest BCUT2D eigenvalue weighted by atomic mass is 35.5. The molecular weight excluding hydrogens is 254 g/mol. The Hall–Kier alpha value is -1.17. The predicted molar refractivity (Wildman–Crippen MR) is 70.6 cm³/mol. The highest BCUT2D eigenvalue weighted by Crippen LogP contribution is 2.25. The predicted octanol–water partition coefficient (Wildman–Crippen LogP) is 2.17. The Balaban J connectivity index is 2.05. The topological polar surface area (TPSA) is 72.4 Å². The van der Waals surface area contributed by atoms with Crippen LogP contribution >= 0.6 is 11.6 Å². The summed E-state index contributed by atoms with van der Waals surface area (Å²) in [6.45, 7) is 2.63. The molecule has 98 valence electrons. The van der Waals surface area contributed by atoms with E-state index in [1.807, 2.05) is 0 Å². The van der Waals surface area contributed by atoms with Gasteiger partial charge in [-0.25, -0.2) is 0 Å². The van der Waals surface area contributed by atoms with E-state index in [9.17, 15) is 10.1 Å². The third-order valence-electron chi connectivity index (χ3n) is 3.16. The fraction of sp³-hybridized carbons (Fsp3) is 0.500. The number of likely N-dealkylation sites (tertiary alicyclic amines) is 1. The summed E-state index contributed by atoms with van der Waals surface area (Å²) < 4.78 is 0. The van der Waals surface area contributed by atoms with Crippen molar-refractivity contribution in [1.82, 2.24) is 4.90 Å². The number of nitro benzene ring substituents is 1. The molecule has 1 saturated heterocycles. The second-order valence-corrected chi connectivity index (χ2v) is 5.09. The number of hydrogen-bond acceptors (Lipinski definition) is 4. The maximum atomic E-state index is 10.7. The number of piperidine rings is 1. The molecule has 0 bridgehead atoms. The summed E-state index contributed by atoms with van der Waals surface area (Å²) in [5.41, 5.74) is 6.86. The summed E-state index contributed by atoms with van der Waals surface area (Å²) in [7, 11) is 0. The lowest BCUT2D eigenvalue weighted by molar-refractivity contribution is -0.384. The third kappa shape index (κ3) is 3.19. The molecule has 5 nitrogen and oxygen atoms in total. The first kappa shape index (κ1) is 13.3. The van der Waals surface area contributed by atoms with E-state index in [2.05, 4.69) is 4.90 Å². The Bertz CT molecular complexity index is 453. The van der Waals surface area contributed by atoms with Crippen molar-refractivity contribution < 1.29 is 4.92 Å². The fourth-order valence-electron chi connectivity index (χ4n) is 2.29. The van der Waals surface area contributed by atoms with Gasteiger partial charge in [-0.15, -0.1) is 0 Å². The highest BCUT2D eigenvalue weighted by molar-refractivity contribution is 6.32. The van der Waals surface area contributed by atoms with E-state index in [0.717, 1.165) is 38.0 Å². The molecule has 0 aromatic heterocycles. The van der Waals surface area contributed by atoms with Crippen LogP contribution in [-0.4, -0.2) is 29.0 Å². The van der Waals surface area contributed by atoms with Crippen molar-refractivity contribution in [3.8, 4) is 0 Å². The van der Waals surface area contributed by atoms with E-state index < -0.39 is 4.92 Å². The Morgan fingerprint density at radius 3 is 2.94 bits per heavy atom. The maximum absolute atomic E-state index is 10.7. The Labute approximate surface area is 111 Å². The zero-order chi connectivity index (χ0) is 13.1. The largest absolute Gasteiger partial charge is 0.327 e. The molecule has 1 aromatic carbocycles. The first-order chi connectivity index (χ1) is 8.56. The summed E-state index contributed by atoms with van der Waals surface area (Å²) in [6, 6.07) is 5.11. The molecular formula is C12H16ClN3O2. The molecule has 2 rings (SSSR count). The van der Waals surface area contributed by atoms with Crippen molar-refractivity contribution in [1.29, 1.82) is 0 Å². The molecule has 1 aromatic rings. The number of halogens is 1. The van der Waals surface area contributed by atoms with Gasteiger partial charge in [0.15, 0.2) is 0 Å². The van der Waals surface area contributed by atoms with Crippen LogP contribution in [0.15, 0.2) is 18.2 Å². The Morgan fingerprint density at radius 1 is 1.56 bits per heavy atom. The quantitative estimate of drug-likeness (QED) is 0.674. The first-order valence-corrected chi connectivity index (χ1v) is 6.35. The molecule has 0 aliphatic carbocycles. The number of benzene rings is 1. The van der Waals surface area contributed by atoms with Crippen molar-refractivity contribution in [2.75, 3.05) is 13.1 Å². The Morgan fingerprint density at radius 2 is 2.33 bits per heavy atom. The lowest BCUT2D eigenvalue weighted by Crippen LogP contribution is -2.42. The molecule has 1 heterocycles. The van der Waals surface area contributed by atoms with E-state index in [4.69, 9.17) is 17.3 Å². The molecule has 0 amide bonds. The van der Waals surface area contributed by atoms with Gasteiger partial charge in [-0.1, -0.05) is 17.7 Å². The summed E-state index contributed by atoms with van der Waals surface area (Å²) in [4.78, 5) is 12.4. The molecule has 18 heavy (non-hydrogen) atoms. The van der Waals surface area contributed by atoms with Crippen molar-refractivity contribution in [3.63, 3.8) is 0 Å². The van der Waals surface area contributed by atoms with Gasteiger partial charge >= 0.3 is 0 Å². The van der Waals surface area contributed by atoms with Gasteiger partial charge in [-0.2, -0.15) is 0 Å². The summed E-state index contributed by atoms with van der Waals surface area (Å²) in [6.07, 6.45) is 2.17. The monoisotopic (exact) mass is 269 g/mol. The molecule has 1 aliphatic heterocycles. The van der Waals surface area contributed by atoms with Crippen LogP contribution in [0.4, 0.5) is 5.69 Å². The lowest BCUT2D eigenvalue weighted by atomic mass is 10.1. The normalized spacial score (nSPS) is 20.9. The smallest absolute Gasteiger partial charge is 0.287 e. The molecule has 0 radical (unpaired) electrons. The van der Waals surface area contributed by atoms with Crippen LogP contribution in [0.3, 0.4) is 0 Å². The molecule has 1 atom stereocenters. The number of hydrogen-bond donors (Lipinski definition) is 1. The van der Waals surface area contributed by atoms with Crippen LogP contribution in [-0.2, 0) is 6.54 Å². The van der Waals surface area contributed by atoms with Gasteiger partial charge in [0.2, 0.25) is 0 Å². The lowest BCUT2D eigenvalue weighted by Gasteiger charge is -2.30. The Kier molecular flexibility index (Phi) is 4.16. The first-order valence-electron chi connectivity index (χ1n) is 5.97. The van der Waals surface area contributed by atoms with Gasteiger partial charge < -0.3 is 5.73 Å². The molecule has 0 spiro atoms. The van der Waals surface area contributed by atoms with Crippen molar-refractivity contribution >= 4 is 17.3 Å². The standard InChI is InChI=1S/C12H16ClN3O2/c13-11-6-9(3-4-12(11)16(17)18)7-15-5-1-2-10(14)8-15/h3-4,6,10H,1-2,5,7-8,14H2. The zero-order valence-electron chi connectivity index (χ0n) is 10.0. The second kappa shape index (κ2) is 5.65. The van der Waals surface area contributed by atoms with Gasteiger partial charge in [-0.3, -0.25) is 15.0 Å². The maximum Gasteiger partial charge on any atom is 0.287 e. The second-order valence-electron chi connectivity index (χ2n) is 4.68. The van der Waals surface area contributed by atoms with E-state index in [1.54, 1.807) is 12.1 Å². The molecule has 0 saturated carbocycles. The van der Waals surface area contributed by atoms with Crippen molar-refractivity contribution in [2.24, 2.45) is 5.73 Å². The third-order valence-corrected chi connectivity index (χ3v) is 3.46. The molecule has 6 heteroatoms. The van der Waals surface area contributed by atoms with Crippen LogP contribution in [0.5, 0.6) is 0 Å². The van der Waals surface area contributed by atoms with E-state index >= 15 is 0 Å². The minimum atomic E-state index is -0.469. The van der Waals surface area contributed by atoms with E-state index in [0.29, 0.717) is 0 Å². The summed E-state index contributed by atoms with van der Waals surface area (Å²) in [5.74, 6) is 0. The zero-order valence-corrected chi connectivity index (χ0v) is 10.8.